The van der Waals surface area contributed by atoms with E-state index in [2.05, 4.69) is 17.0 Å². The molecule has 0 fully saturated rings. The van der Waals surface area contributed by atoms with Crippen LogP contribution in [0, 0.1) is 13.8 Å². The third-order valence-corrected chi connectivity index (χ3v) is 6.44. The Morgan fingerprint density at radius 2 is 1.62 bits per heavy atom. The van der Waals surface area contributed by atoms with Crippen molar-refractivity contribution in [1.82, 2.24) is 5.32 Å². The second kappa shape index (κ2) is 10.3. The molecule has 168 valence electrons. The summed E-state index contributed by atoms with van der Waals surface area (Å²) in [6, 6.07) is 19.4. The summed E-state index contributed by atoms with van der Waals surface area (Å²) in [7, 11) is -3.75. The molecule has 0 spiro atoms. The SMILES string of the molecule is CCc1ccc(OCCNC(=O)c2ccc(C)c(NS(=O)(=O)c3ccc(C)cc3)c2)cc1. The molecule has 0 bridgehead atoms. The quantitative estimate of drug-likeness (QED) is 0.469. The predicted octanol–water partition coefficient (Wildman–Crippen LogP) is 4.48. The number of anilines is 1. The van der Waals surface area contributed by atoms with Crippen LogP contribution in [0.3, 0.4) is 0 Å². The summed E-state index contributed by atoms with van der Waals surface area (Å²) in [6.07, 6.45) is 0.968. The number of carbonyl (C=O) groups is 1. The Morgan fingerprint density at radius 1 is 0.938 bits per heavy atom. The molecule has 0 aliphatic heterocycles. The van der Waals surface area contributed by atoms with E-state index < -0.39 is 10.0 Å². The molecular formula is C25H28N2O4S. The van der Waals surface area contributed by atoms with Crippen molar-refractivity contribution in [3.8, 4) is 5.75 Å². The number of hydrogen-bond donors (Lipinski definition) is 2. The van der Waals surface area contributed by atoms with Gasteiger partial charge in [-0.1, -0.05) is 42.8 Å². The molecule has 7 heteroatoms. The van der Waals surface area contributed by atoms with Crippen molar-refractivity contribution < 1.29 is 17.9 Å². The number of amides is 1. The number of nitrogens with one attached hydrogen (secondary N) is 2. The third kappa shape index (κ3) is 6.11. The molecule has 2 N–H and O–H groups in total. The van der Waals surface area contributed by atoms with Crippen molar-refractivity contribution in [3.63, 3.8) is 0 Å². The van der Waals surface area contributed by atoms with Crippen LogP contribution in [0.5, 0.6) is 5.75 Å². The van der Waals surface area contributed by atoms with Gasteiger partial charge in [0.1, 0.15) is 12.4 Å². The molecular weight excluding hydrogens is 424 g/mol. The Labute approximate surface area is 189 Å². The smallest absolute Gasteiger partial charge is 0.261 e. The molecule has 0 aliphatic rings. The molecule has 3 aromatic carbocycles. The van der Waals surface area contributed by atoms with Crippen LogP contribution < -0.4 is 14.8 Å². The zero-order valence-electron chi connectivity index (χ0n) is 18.5. The minimum atomic E-state index is -3.75. The van der Waals surface area contributed by atoms with E-state index in [9.17, 15) is 13.2 Å². The summed E-state index contributed by atoms with van der Waals surface area (Å²) in [5.41, 5.74) is 3.66. The van der Waals surface area contributed by atoms with Gasteiger partial charge < -0.3 is 10.1 Å². The molecule has 0 atom stereocenters. The van der Waals surface area contributed by atoms with Gasteiger partial charge in [0, 0.05) is 5.56 Å². The maximum Gasteiger partial charge on any atom is 0.261 e. The zero-order chi connectivity index (χ0) is 23.1. The van der Waals surface area contributed by atoms with Crippen LogP contribution >= 0.6 is 0 Å². The van der Waals surface area contributed by atoms with Gasteiger partial charge in [-0.3, -0.25) is 9.52 Å². The average Bonchev–Trinajstić information content (AvgIpc) is 2.78. The van der Waals surface area contributed by atoms with E-state index in [-0.39, 0.29) is 10.8 Å². The monoisotopic (exact) mass is 452 g/mol. The van der Waals surface area contributed by atoms with E-state index in [1.807, 2.05) is 31.2 Å². The standard InChI is InChI=1S/C25H28N2O4S/c1-4-20-8-11-22(12-9-20)31-16-15-26-25(28)21-10-7-19(3)24(17-21)27-32(29,30)23-13-5-18(2)6-14-23/h5-14,17,27H,4,15-16H2,1-3H3,(H,26,28). The van der Waals surface area contributed by atoms with Crippen LogP contribution in [0.4, 0.5) is 5.69 Å². The fourth-order valence-electron chi connectivity index (χ4n) is 3.05. The summed E-state index contributed by atoms with van der Waals surface area (Å²) in [5.74, 6) is 0.449. The highest BCUT2D eigenvalue weighted by Crippen LogP contribution is 2.21. The Kier molecular flexibility index (Phi) is 7.53. The van der Waals surface area contributed by atoms with Crippen LogP contribution in [-0.4, -0.2) is 27.5 Å². The van der Waals surface area contributed by atoms with Crippen molar-refractivity contribution in [2.45, 2.75) is 32.1 Å². The largest absolute Gasteiger partial charge is 0.492 e. The summed E-state index contributed by atoms with van der Waals surface area (Å²) in [4.78, 5) is 12.7. The molecule has 3 rings (SSSR count). The van der Waals surface area contributed by atoms with Gasteiger partial charge in [-0.2, -0.15) is 0 Å². The van der Waals surface area contributed by atoms with E-state index in [4.69, 9.17) is 4.74 Å². The Balaban J connectivity index is 1.60. The number of rotatable bonds is 9. The average molecular weight is 453 g/mol. The molecule has 0 saturated carbocycles. The van der Waals surface area contributed by atoms with Gasteiger partial charge in [0.15, 0.2) is 0 Å². The molecule has 0 radical (unpaired) electrons. The number of hydrogen-bond acceptors (Lipinski definition) is 4. The van der Waals surface area contributed by atoms with Gasteiger partial charge in [0.25, 0.3) is 15.9 Å². The molecule has 6 nitrogen and oxygen atoms in total. The fraction of sp³-hybridized carbons (Fsp3) is 0.240. The summed E-state index contributed by atoms with van der Waals surface area (Å²) in [6.45, 7) is 6.42. The highest BCUT2D eigenvalue weighted by molar-refractivity contribution is 7.92. The zero-order valence-corrected chi connectivity index (χ0v) is 19.3. The van der Waals surface area contributed by atoms with E-state index in [0.717, 1.165) is 23.3 Å². The molecule has 1 amide bonds. The normalized spacial score (nSPS) is 11.1. The predicted molar refractivity (Wildman–Crippen MR) is 127 cm³/mol. The van der Waals surface area contributed by atoms with Crippen LogP contribution in [0.2, 0.25) is 0 Å². The van der Waals surface area contributed by atoms with Crippen LogP contribution in [-0.2, 0) is 16.4 Å². The lowest BCUT2D eigenvalue weighted by Crippen LogP contribution is -2.28. The lowest BCUT2D eigenvalue weighted by atomic mass is 10.1. The van der Waals surface area contributed by atoms with E-state index in [1.54, 1.807) is 49.4 Å². The van der Waals surface area contributed by atoms with Crippen molar-refractivity contribution in [2.75, 3.05) is 17.9 Å². The first kappa shape index (κ1) is 23.3. The first-order chi connectivity index (χ1) is 15.3. The van der Waals surface area contributed by atoms with Crippen molar-refractivity contribution in [2.24, 2.45) is 0 Å². The Morgan fingerprint density at radius 3 is 2.28 bits per heavy atom. The molecule has 0 aromatic heterocycles. The van der Waals surface area contributed by atoms with Gasteiger partial charge in [0.05, 0.1) is 17.1 Å². The van der Waals surface area contributed by atoms with Crippen molar-refractivity contribution >= 4 is 21.6 Å². The molecule has 32 heavy (non-hydrogen) atoms. The number of benzene rings is 3. The van der Waals surface area contributed by atoms with Gasteiger partial charge in [-0.05, 0) is 67.8 Å². The number of ether oxygens (including phenoxy) is 1. The fourth-order valence-corrected chi connectivity index (χ4v) is 4.17. The first-order valence-electron chi connectivity index (χ1n) is 10.5. The molecule has 0 unspecified atom stereocenters. The van der Waals surface area contributed by atoms with Gasteiger partial charge in [0.2, 0.25) is 0 Å². The Hall–Kier alpha value is -3.32. The topological polar surface area (TPSA) is 84.5 Å². The van der Waals surface area contributed by atoms with E-state index in [1.165, 1.54) is 5.56 Å². The summed E-state index contributed by atoms with van der Waals surface area (Å²) < 4.78 is 33.6. The Bertz CT molecular complexity index is 1170. The maximum atomic E-state index is 12.7. The lowest BCUT2D eigenvalue weighted by molar-refractivity contribution is 0.0947. The molecule has 0 saturated heterocycles. The lowest BCUT2D eigenvalue weighted by Gasteiger charge is -2.13. The second-order valence-electron chi connectivity index (χ2n) is 7.55. The minimum Gasteiger partial charge on any atom is -0.492 e. The molecule has 3 aromatic rings. The number of carbonyl (C=O) groups excluding carboxylic acids is 1. The summed E-state index contributed by atoms with van der Waals surface area (Å²) in [5, 5.41) is 2.80. The number of sulfonamides is 1. The minimum absolute atomic E-state index is 0.168. The third-order valence-electron chi connectivity index (χ3n) is 5.06. The van der Waals surface area contributed by atoms with Gasteiger partial charge in [-0.15, -0.1) is 0 Å². The second-order valence-corrected chi connectivity index (χ2v) is 9.23. The van der Waals surface area contributed by atoms with Crippen molar-refractivity contribution in [1.29, 1.82) is 0 Å². The van der Waals surface area contributed by atoms with Crippen LogP contribution in [0.1, 0.15) is 34.0 Å². The highest BCUT2D eigenvalue weighted by Gasteiger charge is 2.16. The van der Waals surface area contributed by atoms with Crippen LogP contribution in [0.15, 0.2) is 71.6 Å². The molecule has 0 aliphatic carbocycles. The first-order valence-corrected chi connectivity index (χ1v) is 12.0. The maximum absolute atomic E-state index is 12.7. The van der Waals surface area contributed by atoms with Crippen LogP contribution in [0.25, 0.3) is 0 Å². The van der Waals surface area contributed by atoms with Gasteiger partial charge >= 0.3 is 0 Å². The van der Waals surface area contributed by atoms with Gasteiger partial charge in [-0.25, -0.2) is 8.42 Å². The van der Waals surface area contributed by atoms with E-state index >= 15 is 0 Å². The summed E-state index contributed by atoms with van der Waals surface area (Å²) >= 11 is 0. The molecule has 0 heterocycles. The van der Waals surface area contributed by atoms with Crippen molar-refractivity contribution in [3.05, 3.63) is 89.0 Å². The number of aryl methyl sites for hydroxylation is 3. The highest BCUT2D eigenvalue weighted by atomic mass is 32.2. The van der Waals surface area contributed by atoms with E-state index in [0.29, 0.717) is 24.4 Å².